The third-order valence-corrected chi connectivity index (χ3v) is 5.55. The van der Waals surface area contributed by atoms with Crippen LogP contribution in [0.3, 0.4) is 0 Å². The summed E-state index contributed by atoms with van der Waals surface area (Å²) in [6.45, 7) is 3.12. The highest BCUT2D eigenvalue weighted by atomic mass is 35.5. The molecule has 0 unspecified atom stereocenters. The number of carbonyl (C=O) groups is 1. The fraction of sp³-hybridized carbons (Fsp3) is 0.316. The summed E-state index contributed by atoms with van der Waals surface area (Å²) in [5.74, 6) is -2.21. The van der Waals surface area contributed by atoms with E-state index in [1.807, 2.05) is 6.92 Å². The van der Waals surface area contributed by atoms with Crippen LogP contribution in [0.15, 0.2) is 51.5 Å². The number of ether oxygens (including phenoxy) is 1. The predicted octanol–water partition coefficient (Wildman–Crippen LogP) is 5.39. The van der Waals surface area contributed by atoms with E-state index >= 15 is 0 Å². The summed E-state index contributed by atoms with van der Waals surface area (Å²) in [7, 11) is -3.63. The average molecular weight is 511 g/mol. The highest BCUT2D eigenvalue weighted by molar-refractivity contribution is 7.86. The minimum Gasteiger partial charge on any atom is -0.383 e. The minimum atomic E-state index is -5.15. The highest BCUT2D eigenvalue weighted by Gasteiger charge is 2.39. The number of anilines is 2. The number of likely N-dealkylation sites (N-methyl/N-ethyl adjacent to an activating group) is 1. The molecule has 0 atom stereocenters. The molecule has 0 aromatic heterocycles. The van der Waals surface area contributed by atoms with Gasteiger partial charge in [0.05, 0.1) is 23.0 Å². The van der Waals surface area contributed by atoms with Gasteiger partial charge in [-0.1, -0.05) is 11.6 Å². The van der Waals surface area contributed by atoms with Crippen LogP contribution in [0.4, 0.5) is 39.8 Å². The fourth-order valence-corrected chi connectivity index (χ4v) is 3.58. The highest BCUT2D eigenvalue weighted by Crippen LogP contribution is 2.34. The van der Waals surface area contributed by atoms with Crippen molar-refractivity contribution in [1.29, 1.82) is 0 Å². The van der Waals surface area contributed by atoms with Crippen molar-refractivity contribution in [1.82, 2.24) is 0 Å². The first-order valence-corrected chi connectivity index (χ1v) is 11.0. The normalized spacial score (nSPS) is 12.2. The zero-order chi connectivity index (χ0) is 24.8. The molecule has 0 radical (unpaired) electrons. The van der Waals surface area contributed by atoms with Crippen LogP contribution in [0.1, 0.15) is 6.92 Å². The lowest BCUT2D eigenvalue weighted by Crippen LogP contribution is -2.30. The van der Waals surface area contributed by atoms with Crippen LogP contribution in [0.5, 0.6) is 0 Å². The van der Waals surface area contributed by atoms with Crippen LogP contribution in [0, 0.1) is 0 Å². The second-order valence-electron chi connectivity index (χ2n) is 6.48. The second kappa shape index (κ2) is 10.9. The summed E-state index contributed by atoms with van der Waals surface area (Å²) in [4.78, 5) is 12.5. The molecular weight excluding hydrogens is 492 g/mol. The largest absolute Gasteiger partial charge is 0.471 e. The van der Waals surface area contributed by atoms with Gasteiger partial charge in [-0.3, -0.25) is 4.79 Å². The summed E-state index contributed by atoms with van der Waals surface area (Å²) in [6.07, 6.45) is -5.15. The van der Waals surface area contributed by atoms with E-state index in [1.165, 1.54) is 25.3 Å². The maximum Gasteiger partial charge on any atom is 0.471 e. The van der Waals surface area contributed by atoms with Crippen LogP contribution in [-0.2, 0) is 19.8 Å². The summed E-state index contributed by atoms with van der Waals surface area (Å²) in [5.41, 5.74) is -0.0909. The number of carbonyl (C=O) groups excluding carboxylic acids is 1. The Hall–Kier alpha value is -2.77. The molecule has 0 saturated carbocycles. The van der Waals surface area contributed by atoms with Crippen molar-refractivity contribution < 1.29 is 35.0 Å². The number of amides is 1. The zero-order valence-electron chi connectivity index (χ0n) is 17.4. The molecule has 0 fully saturated rings. The average Bonchev–Trinajstić information content (AvgIpc) is 2.73. The Morgan fingerprint density at radius 2 is 1.88 bits per heavy atom. The third kappa shape index (κ3) is 7.37. The van der Waals surface area contributed by atoms with Gasteiger partial charge in [0, 0.05) is 25.9 Å². The molecule has 33 heavy (non-hydrogen) atoms. The molecule has 0 aliphatic carbocycles. The topological polar surface area (TPSA) is 100 Å². The van der Waals surface area contributed by atoms with Gasteiger partial charge in [0.2, 0.25) is 0 Å². The van der Waals surface area contributed by atoms with E-state index in [2.05, 4.69) is 10.2 Å². The Labute approximate surface area is 192 Å². The molecule has 2 aromatic carbocycles. The van der Waals surface area contributed by atoms with E-state index in [0.29, 0.717) is 25.4 Å². The van der Waals surface area contributed by atoms with Gasteiger partial charge in [-0.25, -0.2) is 0 Å². The lowest BCUT2D eigenvalue weighted by Gasteiger charge is -2.23. The zero-order valence-corrected chi connectivity index (χ0v) is 18.9. The van der Waals surface area contributed by atoms with Crippen LogP contribution >= 0.6 is 11.6 Å². The standard InChI is InChI=1S/C19H19ClF4N4O4S/c1-3-28(8-9-32-2)13-5-7-15(16(11-13)25-18(29)19(21,22)23)27-26-12-4-6-14(20)17(10-12)33(24,30)31/h4-7,10-11H,3,8-9H2,1-2H3,(H,25,29). The van der Waals surface area contributed by atoms with Crippen molar-refractivity contribution in [2.45, 2.75) is 18.0 Å². The molecule has 1 amide bonds. The maximum atomic E-state index is 13.3. The summed E-state index contributed by atoms with van der Waals surface area (Å²) in [5, 5.41) is 8.90. The fourth-order valence-electron chi connectivity index (χ4n) is 2.63. The first-order chi connectivity index (χ1) is 15.4. The van der Waals surface area contributed by atoms with Crippen LogP contribution < -0.4 is 10.2 Å². The lowest BCUT2D eigenvalue weighted by atomic mass is 10.2. The Balaban J connectivity index is 2.47. The van der Waals surface area contributed by atoms with E-state index in [0.717, 1.165) is 12.1 Å². The van der Waals surface area contributed by atoms with E-state index in [9.17, 15) is 30.3 Å². The number of nitrogens with one attached hydrogen (secondary N) is 1. The van der Waals surface area contributed by atoms with Crippen molar-refractivity contribution in [2.24, 2.45) is 10.2 Å². The van der Waals surface area contributed by atoms with Crippen molar-refractivity contribution in [3.8, 4) is 0 Å². The van der Waals surface area contributed by atoms with Gasteiger partial charge >= 0.3 is 22.3 Å². The van der Waals surface area contributed by atoms with E-state index in [1.54, 1.807) is 16.3 Å². The number of halogens is 5. The number of nitrogens with zero attached hydrogens (tertiary/aromatic N) is 3. The molecule has 2 rings (SSSR count). The van der Waals surface area contributed by atoms with Gasteiger partial charge in [-0.05, 0) is 43.3 Å². The monoisotopic (exact) mass is 510 g/mol. The quantitative estimate of drug-likeness (QED) is 0.277. The van der Waals surface area contributed by atoms with Crippen molar-refractivity contribution in [2.75, 3.05) is 37.0 Å². The molecule has 1 N–H and O–H groups in total. The number of hydrogen-bond acceptors (Lipinski definition) is 7. The van der Waals surface area contributed by atoms with Gasteiger partial charge in [0.15, 0.2) is 0 Å². The van der Waals surface area contributed by atoms with Crippen LogP contribution in [0.2, 0.25) is 5.02 Å². The van der Waals surface area contributed by atoms with E-state index in [-0.39, 0.29) is 22.1 Å². The molecule has 0 bridgehead atoms. The molecule has 14 heteroatoms. The summed E-state index contributed by atoms with van der Waals surface area (Å²) < 4.78 is 79.1. The van der Waals surface area contributed by atoms with Gasteiger partial charge in [0.25, 0.3) is 0 Å². The lowest BCUT2D eigenvalue weighted by molar-refractivity contribution is -0.167. The number of alkyl halides is 3. The molecule has 0 saturated heterocycles. The number of azo groups is 1. The van der Waals surface area contributed by atoms with Crippen LogP contribution in [-0.4, -0.2) is 47.3 Å². The number of benzene rings is 2. The van der Waals surface area contributed by atoms with E-state index < -0.39 is 27.2 Å². The Kier molecular flexibility index (Phi) is 8.75. The summed E-state index contributed by atoms with van der Waals surface area (Å²) in [6, 6.07) is 7.28. The van der Waals surface area contributed by atoms with Crippen molar-refractivity contribution >= 4 is 50.5 Å². The Morgan fingerprint density at radius 1 is 1.18 bits per heavy atom. The van der Waals surface area contributed by atoms with Gasteiger partial charge < -0.3 is 15.0 Å². The van der Waals surface area contributed by atoms with E-state index in [4.69, 9.17) is 16.3 Å². The summed E-state index contributed by atoms with van der Waals surface area (Å²) >= 11 is 5.66. The molecule has 2 aromatic rings. The molecule has 0 aliphatic heterocycles. The molecular formula is C19H19ClF4N4O4S. The molecule has 0 aliphatic rings. The molecule has 0 heterocycles. The second-order valence-corrected chi connectivity index (χ2v) is 8.20. The molecule has 8 nitrogen and oxygen atoms in total. The Bertz CT molecular complexity index is 1140. The smallest absolute Gasteiger partial charge is 0.383 e. The minimum absolute atomic E-state index is 0.136. The molecule has 0 spiro atoms. The molecule has 180 valence electrons. The third-order valence-electron chi connectivity index (χ3n) is 4.25. The number of methoxy groups -OCH3 is 1. The van der Waals surface area contributed by atoms with Gasteiger partial charge in [-0.15, -0.1) is 9.00 Å². The Morgan fingerprint density at radius 3 is 2.45 bits per heavy atom. The number of rotatable bonds is 9. The van der Waals surface area contributed by atoms with Crippen molar-refractivity contribution in [3.05, 3.63) is 41.4 Å². The van der Waals surface area contributed by atoms with Crippen LogP contribution in [0.25, 0.3) is 0 Å². The maximum absolute atomic E-state index is 13.3. The SMILES string of the molecule is CCN(CCOC)c1ccc(N=Nc2ccc(Cl)c(S(=O)(=O)F)c2)c(NC(=O)C(F)(F)F)c1. The van der Waals surface area contributed by atoms with Gasteiger partial charge in [-0.2, -0.15) is 26.7 Å². The van der Waals surface area contributed by atoms with Gasteiger partial charge in [0.1, 0.15) is 10.6 Å². The first-order valence-electron chi connectivity index (χ1n) is 9.29. The predicted molar refractivity (Wildman–Crippen MR) is 115 cm³/mol. The number of hydrogen-bond donors (Lipinski definition) is 1. The van der Waals surface area contributed by atoms with Crippen molar-refractivity contribution in [3.63, 3.8) is 0 Å². The first kappa shape index (κ1) is 26.5.